The smallest absolute Gasteiger partial charge is 0.159 e. The van der Waals surface area contributed by atoms with Gasteiger partial charge in [-0.1, -0.05) is 25.4 Å². The number of aliphatic hydroxyl groups excluding tert-OH is 1. The van der Waals surface area contributed by atoms with E-state index in [9.17, 15) is 5.11 Å². The van der Waals surface area contributed by atoms with Crippen LogP contribution in [0, 0.1) is 19.8 Å². The molecule has 6 heteroatoms. The molecule has 0 atom stereocenters. The molecular weight excluding hydrogens is 276 g/mol. The predicted molar refractivity (Wildman–Crippen MR) is 78.1 cm³/mol. The van der Waals surface area contributed by atoms with Gasteiger partial charge in [-0.3, -0.25) is 0 Å². The Hall–Kier alpha value is -1.46. The fourth-order valence-electron chi connectivity index (χ4n) is 2.14. The molecule has 0 aliphatic carbocycles. The van der Waals surface area contributed by atoms with Gasteiger partial charge in [0.05, 0.1) is 12.3 Å². The minimum atomic E-state index is -0.121. The highest BCUT2D eigenvalue weighted by Gasteiger charge is 2.18. The van der Waals surface area contributed by atoms with E-state index in [1.807, 2.05) is 19.9 Å². The van der Waals surface area contributed by atoms with Crippen molar-refractivity contribution in [2.45, 2.75) is 40.7 Å². The lowest BCUT2D eigenvalue weighted by Gasteiger charge is -2.04. The van der Waals surface area contributed by atoms with E-state index in [-0.39, 0.29) is 6.61 Å². The number of halogens is 1. The van der Waals surface area contributed by atoms with E-state index in [1.165, 1.54) is 0 Å². The number of hydrogen-bond acceptors (Lipinski definition) is 4. The van der Waals surface area contributed by atoms with Crippen molar-refractivity contribution in [3.8, 4) is 5.82 Å². The Morgan fingerprint density at radius 3 is 2.55 bits per heavy atom. The predicted octanol–water partition coefficient (Wildman–Crippen LogP) is 2.62. The zero-order valence-electron chi connectivity index (χ0n) is 12.2. The first-order chi connectivity index (χ1) is 9.42. The minimum Gasteiger partial charge on any atom is -0.391 e. The standard InChI is InChI=1S/C14H19ClN4O/c1-8(2)5-12-11(7-20)14(15)19(18-12)13-6-9(3)16-10(4)17-13/h6,8,20H,5,7H2,1-4H3. The van der Waals surface area contributed by atoms with Gasteiger partial charge < -0.3 is 5.11 Å². The molecule has 2 aromatic heterocycles. The fraction of sp³-hybridized carbons (Fsp3) is 0.500. The van der Waals surface area contributed by atoms with Crippen LogP contribution < -0.4 is 0 Å². The first-order valence-corrected chi connectivity index (χ1v) is 7.00. The van der Waals surface area contributed by atoms with E-state index in [4.69, 9.17) is 11.6 Å². The summed E-state index contributed by atoms with van der Waals surface area (Å²) in [5.74, 6) is 1.74. The van der Waals surface area contributed by atoms with Crippen LogP contribution in [0.5, 0.6) is 0 Å². The van der Waals surface area contributed by atoms with Gasteiger partial charge in [0.25, 0.3) is 0 Å². The third-order valence-electron chi connectivity index (χ3n) is 2.93. The number of aromatic nitrogens is 4. The maximum absolute atomic E-state index is 9.51. The largest absolute Gasteiger partial charge is 0.391 e. The average Bonchev–Trinajstić information content (AvgIpc) is 2.63. The van der Waals surface area contributed by atoms with Crippen LogP contribution in [0.4, 0.5) is 0 Å². The molecule has 0 unspecified atom stereocenters. The van der Waals surface area contributed by atoms with E-state index in [1.54, 1.807) is 4.68 Å². The summed E-state index contributed by atoms with van der Waals surface area (Å²) in [7, 11) is 0. The molecule has 20 heavy (non-hydrogen) atoms. The fourth-order valence-corrected chi connectivity index (χ4v) is 2.43. The maximum Gasteiger partial charge on any atom is 0.159 e. The van der Waals surface area contributed by atoms with Crippen LogP contribution in [-0.2, 0) is 13.0 Å². The molecule has 0 saturated carbocycles. The summed E-state index contributed by atoms with van der Waals surface area (Å²) in [5, 5.41) is 14.4. The molecule has 0 aliphatic rings. The number of nitrogens with zero attached hydrogens (tertiary/aromatic N) is 4. The van der Waals surface area contributed by atoms with Crippen molar-refractivity contribution in [3.05, 3.63) is 34.0 Å². The van der Waals surface area contributed by atoms with E-state index in [0.717, 1.165) is 17.8 Å². The minimum absolute atomic E-state index is 0.121. The van der Waals surface area contributed by atoms with Gasteiger partial charge in [0, 0.05) is 17.3 Å². The third kappa shape index (κ3) is 2.99. The van der Waals surface area contributed by atoms with Crippen LogP contribution in [-0.4, -0.2) is 24.9 Å². The summed E-state index contributed by atoms with van der Waals surface area (Å²) in [5.41, 5.74) is 2.35. The molecule has 2 aromatic rings. The van der Waals surface area contributed by atoms with E-state index in [2.05, 4.69) is 28.9 Å². The lowest BCUT2D eigenvalue weighted by atomic mass is 10.1. The molecule has 0 amide bonds. The lowest BCUT2D eigenvalue weighted by Crippen LogP contribution is -2.04. The molecule has 108 valence electrons. The van der Waals surface area contributed by atoms with Crippen LogP contribution in [0.15, 0.2) is 6.07 Å². The molecule has 2 rings (SSSR count). The molecule has 0 spiro atoms. The van der Waals surface area contributed by atoms with Crippen LogP contribution in [0.3, 0.4) is 0 Å². The lowest BCUT2D eigenvalue weighted by molar-refractivity contribution is 0.280. The second-order valence-electron chi connectivity index (χ2n) is 5.30. The molecule has 0 aliphatic heterocycles. The van der Waals surface area contributed by atoms with Crippen molar-refractivity contribution in [3.63, 3.8) is 0 Å². The van der Waals surface area contributed by atoms with Gasteiger partial charge in [0.1, 0.15) is 11.0 Å². The summed E-state index contributed by atoms with van der Waals surface area (Å²) in [6.45, 7) is 7.82. The number of aliphatic hydroxyl groups is 1. The maximum atomic E-state index is 9.51. The normalized spacial score (nSPS) is 11.3. The zero-order valence-corrected chi connectivity index (χ0v) is 12.9. The Balaban J connectivity index is 2.54. The Morgan fingerprint density at radius 1 is 1.30 bits per heavy atom. The van der Waals surface area contributed by atoms with Crippen LogP contribution >= 0.6 is 11.6 Å². The topological polar surface area (TPSA) is 63.8 Å². The quantitative estimate of drug-likeness (QED) is 0.941. The molecule has 0 bridgehead atoms. The van der Waals surface area contributed by atoms with Gasteiger partial charge in [-0.15, -0.1) is 0 Å². The third-order valence-corrected chi connectivity index (χ3v) is 3.32. The van der Waals surface area contributed by atoms with Crippen molar-refractivity contribution in [2.24, 2.45) is 5.92 Å². The van der Waals surface area contributed by atoms with Gasteiger partial charge in [-0.05, 0) is 26.2 Å². The molecule has 0 radical (unpaired) electrons. The monoisotopic (exact) mass is 294 g/mol. The molecule has 0 saturated heterocycles. The van der Waals surface area contributed by atoms with Gasteiger partial charge in [-0.25, -0.2) is 14.6 Å². The Morgan fingerprint density at radius 2 is 2.00 bits per heavy atom. The Labute approximate surface area is 123 Å². The number of rotatable bonds is 4. The van der Waals surface area contributed by atoms with Gasteiger partial charge in [0.2, 0.25) is 0 Å². The Bertz CT molecular complexity index is 602. The van der Waals surface area contributed by atoms with E-state index in [0.29, 0.717) is 28.3 Å². The number of aryl methyl sites for hydroxylation is 2. The second-order valence-corrected chi connectivity index (χ2v) is 5.66. The summed E-state index contributed by atoms with van der Waals surface area (Å²) in [4.78, 5) is 8.60. The zero-order chi connectivity index (χ0) is 14.9. The number of hydrogen-bond donors (Lipinski definition) is 1. The van der Waals surface area contributed by atoms with Crippen molar-refractivity contribution >= 4 is 11.6 Å². The van der Waals surface area contributed by atoms with Crippen LogP contribution in [0.1, 0.15) is 36.6 Å². The molecule has 0 fully saturated rings. The van der Waals surface area contributed by atoms with Gasteiger partial charge in [0.15, 0.2) is 5.82 Å². The molecule has 0 aromatic carbocycles. The van der Waals surface area contributed by atoms with Crippen molar-refractivity contribution in [2.75, 3.05) is 0 Å². The highest BCUT2D eigenvalue weighted by Crippen LogP contribution is 2.25. The van der Waals surface area contributed by atoms with Crippen molar-refractivity contribution < 1.29 is 5.11 Å². The molecule has 5 nitrogen and oxygen atoms in total. The van der Waals surface area contributed by atoms with Gasteiger partial charge >= 0.3 is 0 Å². The van der Waals surface area contributed by atoms with Gasteiger partial charge in [-0.2, -0.15) is 5.10 Å². The highest BCUT2D eigenvalue weighted by atomic mass is 35.5. The molecular formula is C14H19ClN4O. The summed E-state index contributed by atoms with van der Waals surface area (Å²) < 4.78 is 1.58. The van der Waals surface area contributed by atoms with Crippen molar-refractivity contribution in [1.29, 1.82) is 0 Å². The van der Waals surface area contributed by atoms with Crippen molar-refractivity contribution in [1.82, 2.24) is 19.7 Å². The summed E-state index contributed by atoms with van der Waals surface area (Å²) in [6.07, 6.45) is 0.770. The first kappa shape index (κ1) is 14.9. The van der Waals surface area contributed by atoms with E-state index < -0.39 is 0 Å². The highest BCUT2D eigenvalue weighted by molar-refractivity contribution is 6.30. The van der Waals surface area contributed by atoms with Crippen LogP contribution in [0.2, 0.25) is 5.15 Å². The van der Waals surface area contributed by atoms with Crippen LogP contribution in [0.25, 0.3) is 5.82 Å². The molecule has 1 N–H and O–H groups in total. The summed E-state index contributed by atoms with van der Waals surface area (Å²) in [6, 6.07) is 1.83. The molecule has 2 heterocycles. The second kappa shape index (κ2) is 5.89. The Kier molecular flexibility index (Phi) is 4.40. The summed E-state index contributed by atoms with van der Waals surface area (Å²) >= 11 is 6.33. The first-order valence-electron chi connectivity index (χ1n) is 6.62. The van der Waals surface area contributed by atoms with E-state index >= 15 is 0 Å². The average molecular weight is 295 g/mol. The SMILES string of the molecule is Cc1cc(-n2nc(CC(C)C)c(CO)c2Cl)nc(C)n1.